The molecule has 0 aromatic heterocycles. The summed E-state index contributed by atoms with van der Waals surface area (Å²) in [4.78, 5) is 26.7. The third-order valence-electron chi connectivity index (χ3n) is 4.47. The molecule has 1 heterocycles. The van der Waals surface area contributed by atoms with Gasteiger partial charge in [-0.1, -0.05) is 26.0 Å². The predicted octanol–water partition coefficient (Wildman–Crippen LogP) is 2.39. The average Bonchev–Trinajstić information content (AvgIpc) is 3.12. The lowest BCUT2D eigenvalue weighted by Gasteiger charge is -2.26. The molecule has 1 aromatic rings. The third-order valence-corrected chi connectivity index (χ3v) is 4.47. The molecule has 5 nitrogen and oxygen atoms in total. The summed E-state index contributed by atoms with van der Waals surface area (Å²) >= 11 is 0. The van der Waals surface area contributed by atoms with Crippen molar-refractivity contribution in [1.82, 2.24) is 10.2 Å². The second-order valence-corrected chi connectivity index (χ2v) is 6.67. The second kappa shape index (κ2) is 8.71. The van der Waals surface area contributed by atoms with Crippen LogP contribution in [0.5, 0.6) is 5.75 Å². The first kappa shape index (κ1) is 18.3. The molecule has 0 bridgehead atoms. The van der Waals surface area contributed by atoms with Crippen molar-refractivity contribution in [3.63, 3.8) is 0 Å². The highest BCUT2D eigenvalue weighted by Gasteiger charge is 2.29. The smallest absolute Gasteiger partial charge is 0.245 e. The van der Waals surface area contributed by atoms with E-state index in [2.05, 4.69) is 5.32 Å². The van der Waals surface area contributed by atoms with E-state index in [9.17, 15) is 9.59 Å². The molecular formula is C19H28N2O3. The number of nitrogens with one attached hydrogen (secondary N) is 1. The van der Waals surface area contributed by atoms with E-state index in [0.29, 0.717) is 12.8 Å². The molecule has 1 aromatic carbocycles. The number of amides is 2. The van der Waals surface area contributed by atoms with Gasteiger partial charge in [-0.05, 0) is 42.9 Å². The van der Waals surface area contributed by atoms with Gasteiger partial charge in [0, 0.05) is 19.5 Å². The summed E-state index contributed by atoms with van der Waals surface area (Å²) < 4.78 is 5.13. The Labute approximate surface area is 144 Å². The first-order valence-corrected chi connectivity index (χ1v) is 8.72. The summed E-state index contributed by atoms with van der Waals surface area (Å²) in [6.45, 7) is 5.57. The Morgan fingerprint density at radius 2 is 1.79 bits per heavy atom. The molecule has 132 valence electrons. The number of hydrogen-bond acceptors (Lipinski definition) is 3. The number of benzene rings is 1. The summed E-state index contributed by atoms with van der Waals surface area (Å²) in [5, 5.41) is 2.93. The number of likely N-dealkylation sites (tertiary alicyclic amines) is 1. The van der Waals surface area contributed by atoms with Gasteiger partial charge in [0.15, 0.2) is 0 Å². The number of carbonyl (C=O) groups excluding carboxylic acids is 2. The van der Waals surface area contributed by atoms with Crippen LogP contribution in [0, 0.1) is 5.92 Å². The first-order chi connectivity index (χ1) is 11.5. The fourth-order valence-electron chi connectivity index (χ4n) is 2.94. The number of hydrogen-bond donors (Lipinski definition) is 1. The zero-order valence-electron chi connectivity index (χ0n) is 14.9. The van der Waals surface area contributed by atoms with Crippen molar-refractivity contribution in [1.29, 1.82) is 0 Å². The highest BCUT2D eigenvalue weighted by molar-refractivity contribution is 5.88. The molecular weight excluding hydrogens is 304 g/mol. The number of rotatable bonds is 7. The van der Waals surface area contributed by atoms with Crippen LogP contribution in [0.4, 0.5) is 0 Å². The van der Waals surface area contributed by atoms with Crippen molar-refractivity contribution in [2.45, 2.75) is 45.6 Å². The third kappa shape index (κ3) is 4.98. The lowest BCUT2D eigenvalue weighted by molar-refractivity contribution is -0.136. The van der Waals surface area contributed by atoms with Gasteiger partial charge in [-0.2, -0.15) is 0 Å². The standard InChI is InChI=1S/C19H28N2O3/c1-14(2)18(19(23)21-12-4-5-13-21)20-17(22)11-8-15-6-9-16(24-3)10-7-15/h6-7,9-10,14,18H,4-5,8,11-13H2,1-3H3,(H,20,22)/t18-/m0/s1. The highest BCUT2D eigenvalue weighted by Crippen LogP contribution is 2.15. The molecule has 1 N–H and O–H groups in total. The van der Waals surface area contributed by atoms with Gasteiger partial charge in [-0.15, -0.1) is 0 Å². The molecule has 1 aliphatic heterocycles. The summed E-state index contributed by atoms with van der Waals surface area (Å²) in [7, 11) is 1.63. The molecule has 0 radical (unpaired) electrons. The van der Waals surface area contributed by atoms with E-state index in [1.54, 1.807) is 7.11 Å². The van der Waals surface area contributed by atoms with Gasteiger partial charge in [0.1, 0.15) is 11.8 Å². The summed E-state index contributed by atoms with van der Waals surface area (Å²) in [6.07, 6.45) is 3.14. The molecule has 1 aliphatic rings. The van der Waals surface area contributed by atoms with Gasteiger partial charge < -0.3 is 15.0 Å². The van der Waals surface area contributed by atoms with Crippen LogP contribution in [0.3, 0.4) is 0 Å². The summed E-state index contributed by atoms with van der Waals surface area (Å²) in [6, 6.07) is 7.27. The number of nitrogens with zero attached hydrogens (tertiary/aromatic N) is 1. The highest BCUT2D eigenvalue weighted by atomic mass is 16.5. The maximum atomic E-state index is 12.6. The lowest BCUT2D eigenvalue weighted by atomic mass is 10.0. The van der Waals surface area contributed by atoms with Crippen molar-refractivity contribution >= 4 is 11.8 Å². The SMILES string of the molecule is COc1ccc(CCC(=O)N[C@H](C(=O)N2CCCC2)C(C)C)cc1. The molecule has 0 saturated carbocycles. The Hall–Kier alpha value is -2.04. The minimum absolute atomic E-state index is 0.0558. The zero-order valence-corrected chi connectivity index (χ0v) is 14.9. The van der Waals surface area contributed by atoms with Crippen LogP contribution in [0.15, 0.2) is 24.3 Å². The van der Waals surface area contributed by atoms with Crippen LogP contribution in [-0.2, 0) is 16.0 Å². The fraction of sp³-hybridized carbons (Fsp3) is 0.579. The molecule has 5 heteroatoms. The summed E-state index contributed by atoms with van der Waals surface area (Å²) in [5.74, 6) is 0.875. The maximum absolute atomic E-state index is 12.6. The summed E-state index contributed by atoms with van der Waals surface area (Å²) in [5.41, 5.74) is 1.08. The molecule has 0 aliphatic carbocycles. The van der Waals surface area contributed by atoms with Crippen LogP contribution in [0.2, 0.25) is 0 Å². The lowest BCUT2D eigenvalue weighted by Crippen LogP contribution is -2.50. The van der Waals surface area contributed by atoms with Crippen LogP contribution in [-0.4, -0.2) is 43.0 Å². The predicted molar refractivity (Wildman–Crippen MR) is 93.9 cm³/mol. The van der Waals surface area contributed by atoms with Crippen LogP contribution < -0.4 is 10.1 Å². The van der Waals surface area contributed by atoms with E-state index in [1.807, 2.05) is 43.0 Å². The van der Waals surface area contributed by atoms with Crippen LogP contribution in [0.25, 0.3) is 0 Å². The minimum atomic E-state index is -0.425. The van der Waals surface area contributed by atoms with Crippen molar-refractivity contribution < 1.29 is 14.3 Å². The van der Waals surface area contributed by atoms with Gasteiger partial charge in [0.2, 0.25) is 11.8 Å². The van der Waals surface area contributed by atoms with Gasteiger partial charge in [0.25, 0.3) is 0 Å². The second-order valence-electron chi connectivity index (χ2n) is 6.67. The molecule has 24 heavy (non-hydrogen) atoms. The maximum Gasteiger partial charge on any atom is 0.245 e. The van der Waals surface area contributed by atoms with Crippen LogP contribution >= 0.6 is 0 Å². The van der Waals surface area contributed by atoms with E-state index in [1.165, 1.54) is 0 Å². The number of ether oxygens (including phenoxy) is 1. The molecule has 1 fully saturated rings. The topological polar surface area (TPSA) is 58.6 Å². The molecule has 1 saturated heterocycles. The number of aryl methyl sites for hydroxylation is 1. The average molecular weight is 332 g/mol. The van der Waals surface area contributed by atoms with Gasteiger partial charge in [-0.25, -0.2) is 0 Å². The molecule has 0 spiro atoms. The van der Waals surface area contributed by atoms with Crippen molar-refractivity contribution in [3.8, 4) is 5.75 Å². The van der Waals surface area contributed by atoms with E-state index >= 15 is 0 Å². The van der Waals surface area contributed by atoms with E-state index in [-0.39, 0.29) is 17.7 Å². The van der Waals surface area contributed by atoms with Crippen LogP contribution in [0.1, 0.15) is 38.7 Å². The largest absolute Gasteiger partial charge is 0.497 e. The zero-order chi connectivity index (χ0) is 17.5. The quantitative estimate of drug-likeness (QED) is 0.834. The molecule has 2 rings (SSSR count). The van der Waals surface area contributed by atoms with Crippen molar-refractivity contribution in [3.05, 3.63) is 29.8 Å². The Bertz CT molecular complexity index is 548. The Balaban J connectivity index is 1.86. The monoisotopic (exact) mass is 332 g/mol. The van der Waals surface area contributed by atoms with Gasteiger partial charge in [0.05, 0.1) is 7.11 Å². The van der Waals surface area contributed by atoms with Crippen molar-refractivity contribution in [2.75, 3.05) is 20.2 Å². The fourth-order valence-corrected chi connectivity index (χ4v) is 2.94. The first-order valence-electron chi connectivity index (χ1n) is 8.72. The Morgan fingerprint density at radius 1 is 1.17 bits per heavy atom. The van der Waals surface area contributed by atoms with E-state index < -0.39 is 6.04 Å². The van der Waals surface area contributed by atoms with E-state index in [4.69, 9.17) is 4.74 Å². The molecule has 2 amide bonds. The Kier molecular flexibility index (Phi) is 6.64. The number of methoxy groups -OCH3 is 1. The van der Waals surface area contributed by atoms with Crippen molar-refractivity contribution in [2.24, 2.45) is 5.92 Å². The molecule has 0 unspecified atom stereocenters. The van der Waals surface area contributed by atoms with Gasteiger partial charge in [-0.3, -0.25) is 9.59 Å². The van der Waals surface area contributed by atoms with E-state index in [0.717, 1.165) is 37.2 Å². The minimum Gasteiger partial charge on any atom is -0.497 e. The van der Waals surface area contributed by atoms with Gasteiger partial charge >= 0.3 is 0 Å². The normalized spacial score (nSPS) is 15.4. The Morgan fingerprint density at radius 3 is 2.33 bits per heavy atom. The molecule has 1 atom stereocenters. The number of carbonyl (C=O) groups is 2.